The van der Waals surface area contributed by atoms with Crippen molar-refractivity contribution in [3.05, 3.63) is 36.4 Å². The molecule has 1 rings (SSSR count). The molecular weight excluding hydrogens is 199 g/mol. The van der Waals surface area contributed by atoms with Crippen molar-refractivity contribution in [1.82, 2.24) is 0 Å². The van der Waals surface area contributed by atoms with Crippen molar-refractivity contribution < 1.29 is 9.90 Å². The van der Waals surface area contributed by atoms with E-state index < -0.39 is 10.8 Å². The normalized spacial score (nSPS) is 8.58. The van der Waals surface area contributed by atoms with E-state index in [1.165, 1.54) is 0 Å². The zero-order valence-electron chi connectivity index (χ0n) is 6.15. The van der Waals surface area contributed by atoms with Gasteiger partial charge in [0.1, 0.15) is 0 Å². The van der Waals surface area contributed by atoms with Crippen LogP contribution in [0, 0.1) is 0 Å². The van der Waals surface area contributed by atoms with Gasteiger partial charge in [0, 0.05) is 0 Å². The Kier molecular flexibility index (Phi) is 6.53. The van der Waals surface area contributed by atoms with Crippen molar-refractivity contribution >= 4 is 29.2 Å². The molecule has 0 radical (unpaired) electrons. The summed E-state index contributed by atoms with van der Waals surface area (Å²) in [7, 11) is 0. The third-order valence-electron chi connectivity index (χ3n) is 0.853. The number of halogens is 2. The fraction of sp³-hybridized carbons (Fsp3) is 0.125. The van der Waals surface area contributed by atoms with Gasteiger partial charge in [-0.05, 0) is 0 Å². The van der Waals surface area contributed by atoms with E-state index in [-0.39, 0.29) is 0 Å². The SMILES string of the molecule is O=C(O)C(Cl)Cl.c1ccccc1. The molecule has 0 aliphatic rings. The van der Waals surface area contributed by atoms with Crippen molar-refractivity contribution in [2.45, 2.75) is 4.84 Å². The van der Waals surface area contributed by atoms with E-state index in [1.807, 2.05) is 36.4 Å². The van der Waals surface area contributed by atoms with Gasteiger partial charge in [0.2, 0.25) is 4.84 Å². The van der Waals surface area contributed by atoms with Gasteiger partial charge in [-0.25, -0.2) is 4.79 Å². The van der Waals surface area contributed by atoms with Crippen LogP contribution < -0.4 is 0 Å². The molecule has 4 heteroatoms. The van der Waals surface area contributed by atoms with Gasteiger partial charge in [0.25, 0.3) is 0 Å². The lowest BCUT2D eigenvalue weighted by atomic mass is 10.4. The van der Waals surface area contributed by atoms with E-state index in [0.717, 1.165) is 0 Å². The molecule has 2 nitrogen and oxygen atoms in total. The van der Waals surface area contributed by atoms with E-state index in [0.29, 0.717) is 0 Å². The van der Waals surface area contributed by atoms with Gasteiger partial charge in [-0.15, -0.1) is 0 Å². The third kappa shape index (κ3) is 7.38. The number of hydrogen-bond acceptors (Lipinski definition) is 1. The Morgan fingerprint density at radius 2 is 1.17 bits per heavy atom. The summed E-state index contributed by atoms with van der Waals surface area (Å²) in [6.45, 7) is 0. The van der Waals surface area contributed by atoms with Crippen LogP contribution in [0.1, 0.15) is 0 Å². The smallest absolute Gasteiger partial charge is 0.337 e. The van der Waals surface area contributed by atoms with Crippen molar-refractivity contribution in [2.24, 2.45) is 0 Å². The van der Waals surface area contributed by atoms with Crippen molar-refractivity contribution in [3.63, 3.8) is 0 Å². The lowest BCUT2D eigenvalue weighted by Crippen LogP contribution is -2.03. The summed E-state index contributed by atoms with van der Waals surface area (Å²) in [5.74, 6) is -1.21. The van der Waals surface area contributed by atoms with Crippen LogP contribution in [0.5, 0.6) is 0 Å². The number of benzene rings is 1. The molecule has 0 spiro atoms. The summed E-state index contributed by atoms with van der Waals surface area (Å²) in [5.41, 5.74) is 0. The second kappa shape index (κ2) is 6.95. The lowest BCUT2D eigenvalue weighted by molar-refractivity contribution is -0.135. The number of rotatable bonds is 1. The van der Waals surface area contributed by atoms with Gasteiger partial charge >= 0.3 is 5.97 Å². The Balaban J connectivity index is 0.000000202. The van der Waals surface area contributed by atoms with Gasteiger partial charge in [-0.3, -0.25) is 0 Å². The fourth-order valence-electron chi connectivity index (χ4n) is 0.385. The molecule has 0 unspecified atom stereocenters. The van der Waals surface area contributed by atoms with Gasteiger partial charge in [-0.1, -0.05) is 59.6 Å². The van der Waals surface area contributed by atoms with Crippen molar-refractivity contribution in [3.8, 4) is 0 Å². The first kappa shape index (κ1) is 11.3. The third-order valence-corrected chi connectivity index (χ3v) is 1.23. The number of alkyl halides is 2. The number of aliphatic carboxylic acids is 1. The second-order valence-corrected chi connectivity index (χ2v) is 2.89. The Labute approximate surface area is 80.7 Å². The molecule has 0 amide bonds. The van der Waals surface area contributed by atoms with Gasteiger partial charge in [-0.2, -0.15) is 0 Å². The highest BCUT2D eigenvalue weighted by molar-refractivity contribution is 6.52. The number of carboxylic acid groups (broad SMARTS) is 1. The Bertz CT molecular complexity index is 185. The molecule has 12 heavy (non-hydrogen) atoms. The van der Waals surface area contributed by atoms with Crippen LogP contribution in [-0.2, 0) is 4.79 Å². The van der Waals surface area contributed by atoms with Crippen LogP contribution in [0.4, 0.5) is 0 Å². The molecule has 0 saturated carbocycles. The maximum absolute atomic E-state index is 9.44. The highest BCUT2D eigenvalue weighted by atomic mass is 35.5. The zero-order valence-corrected chi connectivity index (χ0v) is 7.66. The maximum Gasteiger partial charge on any atom is 0.337 e. The van der Waals surface area contributed by atoms with Crippen LogP contribution >= 0.6 is 23.2 Å². The zero-order chi connectivity index (χ0) is 9.40. The standard InChI is InChI=1S/C6H6.C2H2Cl2O2/c1-2-4-6-5-3-1;3-1(4)2(5)6/h1-6H;1H,(H,5,6). The molecule has 1 aromatic rings. The quantitative estimate of drug-likeness (QED) is 0.718. The first-order chi connectivity index (χ1) is 5.64. The van der Waals surface area contributed by atoms with Crippen LogP contribution in [0.2, 0.25) is 0 Å². The van der Waals surface area contributed by atoms with E-state index in [1.54, 1.807) is 0 Å². The summed E-state index contributed by atoms with van der Waals surface area (Å²) < 4.78 is 0. The Hall–Kier alpha value is -0.730. The molecular formula is C8H8Cl2O2. The minimum absolute atomic E-state index is 1.21. The predicted molar refractivity (Wildman–Crippen MR) is 49.6 cm³/mol. The fourth-order valence-corrected chi connectivity index (χ4v) is 0.385. The molecule has 0 aliphatic carbocycles. The Morgan fingerprint density at radius 3 is 1.25 bits per heavy atom. The topological polar surface area (TPSA) is 37.3 Å². The first-order valence-electron chi connectivity index (χ1n) is 3.15. The average Bonchev–Trinajstić information content (AvgIpc) is 2.08. The predicted octanol–water partition coefficient (Wildman–Crippen LogP) is 2.56. The second-order valence-electron chi connectivity index (χ2n) is 1.79. The van der Waals surface area contributed by atoms with Gasteiger partial charge in [0.15, 0.2) is 0 Å². The molecule has 66 valence electrons. The van der Waals surface area contributed by atoms with Gasteiger partial charge in [0.05, 0.1) is 0 Å². The molecule has 0 heterocycles. The minimum atomic E-state index is -1.29. The summed E-state index contributed by atoms with van der Waals surface area (Å²) in [6, 6.07) is 12.0. The maximum atomic E-state index is 9.44. The summed E-state index contributed by atoms with van der Waals surface area (Å²) >= 11 is 9.56. The Morgan fingerprint density at radius 1 is 1.00 bits per heavy atom. The summed E-state index contributed by atoms with van der Waals surface area (Å²) in [5, 5.41) is 7.73. The lowest BCUT2D eigenvalue weighted by Gasteiger charge is -1.84. The monoisotopic (exact) mass is 206 g/mol. The van der Waals surface area contributed by atoms with Crippen LogP contribution in [0.15, 0.2) is 36.4 Å². The molecule has 1 N–H and O–H groups in total. The average molecular weight is 207 g/mol. The highest BCUT2D eigenvalue weighted by Crippen LogP contribution is 1.98. The summed E-state index contributed by atoms with van der Waals surface area (Å²) in [6.07, 6.45) is 0. The first-order valence-corrected chi connectivity index (χ1v) is 4.03. The van der Waals surface area contributed by atoms with Crippen molar-refractivity contribution in [2.75, 3.05) is 0 Å². The molecule has 0 aromatic heterocycles. The summed E-state index contributed by atoms with van der Waals surface area (Å²) in [4.78, 5) is 8.15. The van der Waals surface area contributed by atoms with E-state index in [4.69, 9.17) is 28.3 Å². The molecule has 0 saturated heterocycles. The van der Waals surface area contributed by atoms with Crippen LogP contribution in [-0.4, -0.2) is 15.9 Å². The number of hydrogen-bond donors (Lipinski definition) is 1. The van der Waals surface area contributed by atoms with Crippen LogP contribution in [0.3, 0.4) is 0 Å². The molecule has 0 bridgehead atoms. The molecule has 0 atom stereocenters. The largest absolute Gasteiger partial charge is 0.479 e. The van der Waals surface area contributed by atoms with E-state index in [9.17, 15) is 4.79 Å². The minimum Gasteiger partial charge on any atom is -0.479 e. The van der Waals surface area contributed by atoms with E-state index >= 15 is 0 Å². The van der Waals surface area contributed by atoms with Gasteiger partial charge < -0.3 is 5.11 Å². The molecule has 0 fully saturated rings. The molecule has 0 aliphatic heterocycles. The molecule has 1 aromatic carbocycles. The van der Waals surface area contributed by atoms with E-state index in [2.05, 4.69) is 0 Å². The number of carbonyl (C=O) groups is 1. The highest BCUT2D eigenvalue weighted by Gasteiger charge is 2.05. The van der Waals surface area contributed by atoms with Crippen LogP contribution in [0.25, 0.3) is 0 Å². The number of carboxylic acids is 1. The van der Waals surface area contributed by atoms with Crippen molar-refractivity contribution in [1.29, 1.82) is 0 Å².